The summed E-state index contributed by atoms with van der Waals surface area (Å²) in [6.07, 6.45) is 1.16. The van der Waals surface area contributed by atoms with Crippen LogP contribution < -0.4 is 20.1 Å². The highest BCUT2D eigenvalue weighted by atomic mass is 35.6. The Kier molecular flexibility index (Phi) is 23.8. The second-order valence-electron chi connectivity index (χ2n) is 18.8. The summed E-state index contributed by atoms with van der Waals surface area (Å²) in [5.41, 5.74) is 3.05. The molecule has 67 heavy (non-hydrogen) atoms. The second-order valence-corrected chi connectivity index (χ2v) is 32.5. The van der Waals surface area contributed by atoms with Gasteiger partial charge in [0.25, 0.3) is 11.8 Å². The summed E-state index contributed by atoms with van der Waals surface area (Å²) in [5, 5.41) is 35.8. The lowest BCUT2D eigenvalue weighted by atomic mass is 9.95. The van der Waals surface area contributed by atoms with Gasteiger partial charge in [0.05, 0.1) is 56.6 Å². The Balaban J connectivity index is 0.000000403. The van der Waals surface area contributed by atoms with E-state index in [0.29, 0.717) is 62.2 Å². The van der Waals surface area contributed by atoms with E-state index in [2.05, 4.69) is 84.4 Å². The number of para-hydroxylation sites is 2. The predicted molar refractivity (Wildman–Crippen MR) is 281 cm³/mol. The summed E-state index contributed by atoms with van der Waals surface area (Å²) >= 11 is 30.5. The lowest BCUT2D eigenvalue weighted by molar-refractivity contribution is 0.0938. The van der Waals surface area contributed by atoms with E-state index in [4.69, 9.17) is 76.6 Å². The number of halogens is 5. The molecule has 0 fully saturated rings. The molecule has 0 heterocycles. The summed E-state index contributed by atoms with van der Waals surface area (Å²) < 4.78 is 16.9. The number of nitrogens with zero attached hydrogens (tertiary/aromatic N) is 2. The fraction of sp³-hybridized carbons (Fsp3) is 0.440. The third-order valence-electron chi connectivity index (χ3n) is 12.0. The van der Waals surface area contributed by atoms with Crippen molar-refractivity contribution in [3.8, 4) is 23.6 Å². The number of carbonyl (C=O) groups excluding carboxylic acids is 2. The molecule has 4 aromatic carbocycles. The van der Waals surface area contributed by atoms with Gasteiger partial charge in [0, 0.05) is 38.1 Å². The van der Waals surface area contributed by atoms with Crippen molar-refractivity contribution in [3.05, 3.63) is 126 Å². The van der Waals surface area contributed by atoms with Gasteiger partial charge in [-0.3, -0.25) is 9.59 Å². The number of aliphatic hydroxyl groups excluding tert-OH is 1. The third kappa shape index (κ3) is 17.9. The summed E-state index contributed by atoms with van der Waals surface area (Å²) in [4.78, 5) is 25.5. The Morgan fingerprint density at radius 2 is 1.04 bits per heavy atom. The highest BCUT2D eigenvalue weighted by molar-refractivity contribution is 7.20. The van der Waals surface area contributed by atoms with Crippen LogP contribution in [0.3, 0.4) is 0 Å². The van der Waals surface area contributed by atoms with Gasteiger partial charge in [-0.05, 0) is 95.7 Å². The Morgan fingerprint density at radius 3 is 1.36 bits per heavy atom. The molecule has 0 saturated carbocycles. The number of nitriles is 2. The van der Waals surface area contributed by atoms with Gasteiger partial charge < -0.3 is 29.6 Å². The largest absolute Gasteiger partial charge is 0.495 e. The number of benzene rings is 4. The van der Waals surface area contributed by atoms with Crippen LogP contribution in [-0.4, -0.2) is 73.1 Å². The SMILES string of the molecule is CC(C)(C)[Si](C)(C)Cl.COc1c(C#N)cccc1C(=O)NC[C@@H](CCO)c1ccc(Cl)c(Cl)c1.COc1c(C#N)cccc1C(=O)NC[C@@H](CCO[Si](C)(C)C(C)(C)C)c1ccc(Cl)c(Cl)c1. The summed E-state index contributed by atoms with van der Waals surface area (Å²) in [7, 11) is -0.419. The van der Waals surface area contributed by atoms with E-state index < -0.39 is 15.7 Å². The van der Waals surface area contributed by atoms with Crippen LogP contribution in [0.5, 0.6) is 11.5 Å². The molecule has 0 bridgehead atoms. The molecule has 4 rings (SSSR count). The van der Waals surface area contributed by atoms with Gasteiger partial charge in [0.2, 0.25) is 0 Å². The lowest BCUT2D eigenvalue weighted by Crippen LogP contribution is -2.41. The molecule has 364 valence electrons. The number of hydrogen-bond acceptors (Lipinski definition) is 8. The molecular formula is C50H65Cl5N4O6Si2. The van der Waals surface area contributed by atoms with E-state index >= 15 is 0 Å². The van der Waals surface area contributed by atoms with Gasteiger partial charge in [-0.1, -0.05) is 125 Å². The first-order chi connectivity index (χ1) is 31.2. The van der Waals surface area contributed by atoms with Crippen molar-refractivity contribution in [1.29, 1.82) is 10.5 Å². The number of nitrogens with one attached hydrogen (secondary N) is 2. The first kappa shape index (κ1) is 59.3. The molecule has 2 amide bonds. The Hall–Kier alpha value is -3.80. The van der Waals surface area contributed by atoms with Gasteiger partial charge in [0.1, 0.15) is 23.6 Å². The number of ether oxygens (including phenoxy) is 2. The van der Waals surface area contributed by atoms with Crippen LogP contribution in [0.25, 0.3) is 0 Å². The van der Waals surface area contributed by atoms with E-state index in [1.807, 2.05) is 24.3 Å². The zero-order chi connectivity index (χ0) is 50.9. The first-order valence-corrected chi connectivity index (χ1v) is 30.1. The molecule has 17 heteroatoms. The minimum Gasteiger partial charge on any atom is -0.495 e. The van der Waals surface area contributed by atoms with E-state index in [1.54, 1.807) is 54.6 Å². The highest BCUT2D eigenvalue weighted by Gasteiger charge is 2.37. The maximum atomic E-state index is 12.9. The topological polar surface area (TPSA) is 154 Å². The number of rotatable bonds is 16. The minimum absolute atomic E-state index is 0.0290. The molecule has 4 aromatic rings. The van der Waals surface area contributed by atoms with Crippen LogP contribution >= 0.6 is 57.5 Å². The van der Waals surface area contributed by atoms with Gasteiger partial charge in [-0.15, -0.1) is 0 Å². The Morgan fingerprint density at radius 1 is 0.657 bits per heavy atom. The average Bonchev–Trinajstić information content (AvgIpc) is 3.26. The van der Waals surface area contributed by atoms with Crippen molar-refractivity contribution in [2.45, 2.75) is 102 Å². The van der Waals surface area contributed by atoms with Crippen molar-refractivity contribution in [3.63, 3.8) is 0 Å². The molecule has 0 spiro atoms. The van der Waals surface area contributed by atoms with Crippen molar-refractivity contribution in [2.24, 2.45) is 0 Å². The Bertz CT molecular complexity index is 2360. The predicted octanol–water partition coefficient (Wildman–Crippen LogP) is 13.8. The van der Waals surface area contributed by atoms with Crippen LogP contribution in [0.15, 0.2) is 72.8 Å². The number of amides is 2. The molecule has 0 aromatic heterocycles. The number of methoxy groups -OCH3 is 2. The molecule has 0 aliphatic heterocycles. The number of carbonyl (C=O) groups is 2. The molecule has 0 aliphatic rings. The molecule has 0 aliphatic carbocycles. The van der Waals surface area contributed by atoms with E-state index in [0.717, 1.165) is 11.1 Å². The monoisotopic (exact) mass is 1050 g/mol. The second kappa shape index (κ2) is 26.8. The zero-order valence-corrected chi connectivity index (χ0v) is 46.4. The number of hydrogen-bond donors (Lipinski definition) is 3. The summed E-state index contributed by atoms with van der Waals surface area (Å²) in [6.45, 7) is 23.2. The maximum absolute atomic E-state index is 12.9. The fourth-order valence-electron chi connectivity index (χ4n) is 5.80. The standard InChI is InChI=1S/C25H32Cl2N2O3Si.C19H18Cl2N2O3.C6H15ClSi/c1-25(2,3)33(5,6)32-13-12-19(17-10-11-21(26)22(27)14-17)16-29-24(30)20-9-7-8-18(15-28)23(20)31-4;1-26-18-13(10-22)3-2-4-15(18)19(25)23-11-14(7-8-24)12-5-6-16(20)17(21)9-12;1-6(2,3)8(4,5)7/h7-11,14,19H,12-13,16H2,1-6H3,(H,29,30);2-6,9,14,24H,7-8,11H2,1H3,(H,23,25);1-5H3/t19-;14-;/m11./s1. The smallest absolute Gasteiger partial charge is 0.255 e. The zero-order valence-electron chi connectivity index (χ0n) is 40.6. The van der Waals surface area contributed by atoms with Gasteiger partial charge in [0.15, 0.2) is 15.7 Å². The van der Waals surface area contributed by atoms with E-state index in [9.17, 15) is 20.0 Å². The van der Waals surface area contributed by atoms with Crippen LogP contribution in [0, 0.1) is 22.7 Å². The van der Waals surface area contributed by atoms with Crippen LogP contribution in [0.1, 0.15) is 109 Å². The molecule has 0 radical (unpaired) electrons. The maximum Gasteiger partial charge on any atom is 0.255 e. The normalized spacial score (nSPS) is 12.4. The molecule has 0 saturated heterocycles. The summed E-state index contributed by atoms with van der Waals surface area (Å²) in [6, 6.07) is 24.5. The van der Waals surface area contributed by atoms with E-state index in [-0.39, 0.29) is 64.5 Å². The fourth-order valence-corrected chi connectivity index (χ4v) is 7.48. The molecular weight excluding hydrogens is 986 g/mol. The van der Waals surface area contributed by atoms with E-state index in [1.165, 1.54) is 14.2 Å². The minimum atomic E-state index is -1.89. The average molecular weight is 1050 g/mol. The molecule has 10 nitrogen and oxygen atoms in total. The van der Waals surface area contributed by atoms with Crippen LogP contribution in [-0.2, 0) is 4.43 Å². The van der Waals surface area contributed by atoms with Crippen LogP contribution in [0.4, 0.5) is 0 Å². The first-order valence-electron chi connectivity index (χ1n) is 21.7. The number of aliphatic hydroxyl groups is 1. The Labute approximate surface area is 425 Å². The van der Waals surface area contributed by atoms with Crippen LogP contribution in [0.2, 0.25) is 56.4 Å². The third-order valence-corrected chi connectivity index (χ3v) is 23.3. The van der Waals surface area contributed by atoms with Crippen molar-refractivity contribution in [1.82, 2.24) is 10.6 Å². The van der Waals surface area contributed by atoms with Gasteiger partial charge in [-0.25, -0.2) is 0 Å². The summed E-state index contributed by atoms with van der Waals surface area (Å²) in [5.74, 6) is -0.325. The molecule has 3 N–H and O–H groups in total. The highest BCUT2D eigenvalue weighted by Crippen LogP contribution is 2.39. The van der Waals surface area contributed by atoms with Crippen molar-refractivity contribution in [2.75, 3.05) is 40.5 Å². The molecule has 0 unspecified atom stereocenters. The van der Waals surface area contributed by atoms with Gasteiger partial charge >= 0.3 is 0 Å². The quantitative estimate of drug-likeness (QED) is 0.0740. The van der Waals surface area contributed by atoms with Crippen molar-refractivity contribution < 1.29 is 28.6 Å². The van der Waals surface area contributed by atoms with Gasteiger partial charge in [-0.2, -0.15) is 21.6 Å². The lowest BCUT2D eigenvalue weighted by Gasteiger charge is -2.36. The molecule has 2 atom stereocenters. The van der Waals surface area contributed by atoms with Crippen molar-refractivity contribution >= 4 is 85.0 Å².